The molecule has 162 valence electrons. The van der Waals surface area contributed by atoms with E-state index in [0.29, 0.717) is 28.5 Å². The van der Waals surface area contributed by atoms with E-state index in [1.807, 2.05) is 0 Å². The molecule has 0 spiro atoms. The average Bonchev–Trinajstić information content (AvgIpc) is 3.43. The zero-order valence-corrected chi connectivity index (χ0v) is 17.3. The molecule has 0 bridgehead atoms. The van der Waals surface area contributed by atoms with Crippen LogP contribution < -0.4 is 0 Å². The van der Waals surface area contributed by atoms with E-state index < -0.39 is 26.5 Å². The molecular formula is C22H18F3NO4S. The minimum atomic E-state index is -4.67. The molecule has 1 saturated carbocycles. The minimum absolute atomic E-state index is 0.0213. The van der Waals surface area contributed by atoms with Crippen LogP contribution in [-0.2, 0) is 22.4 Å². The van der Waals surface area contributed by atoms with Crippen molar-refractivity contribution >= 4 is 15.6 Å². The summed E-state index contributed by atoms with van der Waals surface area (Å²) in [5, 5.41) is 3.74. The average molecular weight is 449 g/mol. The van der Waals surface area contributed by atoms with Gasteiger partial charge in [-0.25, -0.2) is 8.42 Å². The molecule has 0 saturated heterocycles. The van der Waals surface area contributed by atoms with Gasteiger partial charge in [0, 0.05) is 17.7 Å². The molecule has 2 aromatic carbocycles. The Morgan fingerprint density at radius 3 is 2.45 bits per heavy atom. The van der Waals surface area contributed by atoms with Gasteiger partial charge >= 0.3 is 6.18 Å². The Morgan fingerprint density at radius 1 is 1.10 bits per heavy atom. The van der Waals surface area contributed by atoms with E-state index in [-0.39, 0.29) is 23.7 Å². The highest BCUT2D eigenvalue weighted by atomic mass is 32.2. The third-order valence-corrected chi connectivity index (χ3v) is 6.41. The number of carbonyl (C=O) groups is 1. The number of benzene rings is 2. The molecule has 1 aromatic heterocycles. The molecule has 31 heavy (non-hydrogen) atoms. The second-order valence-corrected chi connectivity index (χ2v) is 9.62. The fourth-order valence-electron chi connectivity index (χ4n) is 3.53. The number of carbonyl (C=O) groups excluding carboxylic acids is 1. The van der Waals surface area contributed by atoms with Gasteiger partial charge in [-0.05, 0) is 42.5 Å². The Morgan fingerprint density at radius 2 is 1.81 bits per heavy atom. The van der Waals surface area contributed by atoms with Crippen molar-refractivity contribution in [2.75, 3.05) is 6.26 Å². The van der Waals surface area contributed by atoms with Gasteiger partial charge in [0.05, 0.1) is 22.2 Å². The Kier molecular flexibility index (Phi) is 5.25. The lowest BCUT2D eigenvalue weighted by molar-refractivity contribution is -0.137. The molecule has 0 radical (unpaired) electrons. The Hall–Kier alpha value is -2.94. The van der Waals surface area contributed by atoms with Gasteiger partial charge < -0.3 is 4.52 Å². The maximum absolute atomic E-state index is 13.2. The van der Waals surface area contributed by atoms with Crippen molar-refractivity contribution in [1.82, 2.24) is 5.16 Å². The molecule has 1 aliphatic carbocycles. The smallest absolute Gasteiger partial charge is 0.360 e. The van der Waals surface area contributed by atoms with Gasteiger partial charge in [0.1, 0.15) is 0 Å². The quantitative estimate of drug-likeness (QED) is 0.506. The molecule has 0 N–H and O–H groups in total. The molecule has 1 heterocycles. The number of aromatic nitrogens is 1. The lowest BCUT2D eigenvalue weighted by Crippen LogP contribution is -2.11. The predicted octanol–water partition coefficient (Wildman–Crippen LogP) is 4.80. The second kappa shape index (κ2) is 7.64. The number of ketones is 1. The summed E-state index contributed by atoms with van der Waals surface area (Å²) in [6, 6.07) is 9.25. The monoisotopic (exact) mass is 449 g/mol. The van der Waals surface area contributed by atoms with Crippen LogP contribution in [-0.4, -0.2) is 25.6 Å². The fourth-order valence-corrected chi connectivity index (χ4v) is 4.48. The first-order valence-corrected chi connectivity index (χ1v) is 11.4. The van der Waals surface area contributed by atoms with Crippen molar-refractivity contribution in [1.29, 1.82) is 0 Å². The number of sulfone groups is 1. The van der Waals surface area contributed by atoms with E-state index >= 15 is 0 Å². The maximum atomic E-state index is 13.2. The normalized spacial score (nSPS) is 14.6. The van der Waals surface area contributed by atoms with E-state index in [0.717, 1.165) is 31.2 Å². The van der Waals surface area contributed by atoms with Crippen LogP contribution in [0.15, 0.2) is 58.1 Å². The Bertz CT molecular complexity index is 1260. The summed E-state index contributed by atoms with van der Waals surface area (Å²) < 4.78 is 68.9. The van der Waals surface area contributed by atoms with Crippen LogP contribution in [0.25, 0.3) is 0 Å². The molecular weight excluding hydrogens is 431 g/mol. The van der Waals surface area contributed by atoms with Gasteiger partial charge in [0.2, 0.25) is 0 Å². The highest BCUT2D eigenvalue weighted by Crippen LogP contribution is 2.42. The van der Waals surface area contributed by atoms with E-state index in [1.54, 1.807) is 24.3 Å². The summed E-state index contributed by atoms with van der Waals surface area (Å²) in [6.45, 7) is 0. The van der Waals surface area contributed by atoms with Crippen LogP contribution >= 0.6 is 0 Å². The van der Waals surface area contributed by atoms with Gasteiger partial charge in [0.25, 0.3) is 0 Å². The van der Waals surface area contributed by atoms with Crippen molar-refractivity contribution in [3.05, 3.63) is 82.2 Å². The van der Waals surface area contributed by atoms with Gasteiger partial charge in [-0.1, -0.05) is 35.5 Å². The molecule has 4 rings (SSSR count). The molecule has 0 atom stereocenters. The van der Waals surface area contributed by atoms with Crippen LogP contribution in [0.5, 0.6) is 0 Å². The van der Waals surface area contributed by atoms with Crippen LogP contribution in [0.2, 0.25) is 0 Å². The first-order valence-electron chi connectivity index (χ1n) is 9.53. The highest BCUT2D eigenvalue weighted by molar-refractivity contribution is 7.90. The van der Waals surface area contributed by atoms with Crippen LogP contribution in [0.3, 0.4) is 0 Å². The van der Waals surface area contributed by atoms with Gasteiger partial charge in [-0.3, -0.25) is 4.79 Å². The SMILES string of the molecule is CS(=O)(=O)c1cc(C(F)(F)F)ccc1Cc1ccccc1C(=O)c1cnoc1C1CC1. The van der Waals surface area contributed by atoms with Crippen LogP contribution in [0, 0.1) is 0 Å². The third-order valence-electron chi connectivity index (χ3n) is 5.23. The summed E-state index contributed by atoms with van der Waals surface area (Å²) in [6.07, 6.45) is -0.623. The zero-order chi connectivity index (χ0) is 22.4. The van der Waals surface area contributed by atoms with Crippen LogP contribution in [0.4, 0.5) is 13.2 Å². The number of hydrogen-bond donors (Lipinski definition) is 0. The predicted molar refractivity (Wildman–Crippen MR) is 106 cm³/mol. The fraction of sp³-hybridized carbons (Fsp3) is 0.273. The molecule has 5 nitrogen and oxygen atoms in total. The Balaban J connectivity index is 1.74. The van der Waals surface area contributed by atoms with E-state index in [2.05, 4.69) is 5.16 Å². The topological polar surface area (TPSA) is 77.2 Å². The largest absolute Gasteiger partial charge is 0.416 e. The van der Waals surface area contributed by atoms with Gasteiger partial charge in [-0.2, -0.15) is 13.2 Å². The van der Waals surface area contributed by atoms with E-state index in [4.69, 9.17) is 4.52 Å². The lowest BCUT2D eigenvalue weighted by Gasteiger charge is -2.14. The molecule has 1 aliphatic rings. The molecule has 0 amide bonds. The standard InChI is InChI=1S/C22H18F3NO4S/c1-31(28,29)19-11-16(22(23,24)25)9-8-15(19)10-14-4-2-3-5-17(14)20(27)18-12-26-30-21(18)13-6-7-13/h2-5,8-9,11-13H,6-7,10H2,1H3. The number of alkyl halides is 3. The Labute approximate surface area is 176 Å². The van der Waals surface area contributed by atoms with E-state index in [1.165, 1.54) is 6.20 Å². The van der Waals surface area contributed by atoms with Crippen molar-refractivity contribution in [3.8, 4) is 0 Å². The molecule has 3 aromatic rings. The third kappa shape index (κ3) is 4.41. The van der Waals surface area contributed by atoms with Crippen molar-refractivity contribution in [3.63, 3.8) is 0 Å². The number of halogens is 3. The first kappa shape index (κ1) is 21.3. The zero-order valence-electron chi connectivity index (χ0n) is 16.4. The second-order valence-electron chi connectivity index (χ2n) is 7.63. The molecule has 0 unspecified atom stereocenters. The minimum Gasteiger partial charge on any atom is -0.360 e. The van der Waals surface area contributed by atoms with Crippen molar-refractivity contribution in [2.24, 2.45) is 0 Å². The van der Waals surface area contributed by atoms with Crippen LogP contribution in [0.1, 0.15) is 57.1 Å². The molecule has 9 heteroatoms. The lowest BCUT2D eigenvalue weighted by atomic mass is 9.93. The highest BCUT2D eigenvalue weighted by Gasteiger charge is 2.34. The van der Waals surface area contributed by atoms with Crippen molar-refractivity contribution in [2.45, 2.75) is 36.3 Å². The van der Waals surface area contributed by atoms with E-state index in [9.17, 15) is 26.4 Å². The van der Waals surface area contributed by atoms with Gasteiger partial charge in [0.15, 0.2) is 21.4 Å². The number of rotatable bonds is 6. The van der Waals surface area contributed by atoms with Gasteiger partial charge in [-0.15, -0.1) is 0 Å². The van der Waals surface area contributed by atoms with Crippen molar-refractivity contribution < 1.29 is 30.9 Å². The first-order chi connectivity index (χ1) is 14.6. The summed E-state index contributed by atoms with van der Waals surface area (Å²) in [5.41, 5.74) is 0.320. The maximum Gasteiger partial charge on any atom is 0.416 e. The summed E-state index contributed by atoms with van der Waals surface area (Å²) in [4.78, 5) is 12.8. The number of nitrogens with zero attached hydrogens (tertiary/aromatic N) is 1. The molecule has 1 fully saturated rings. The summed E-state index contributed by atoms with van der Waals surface area (Å²) in [5.74, 6) is 0.387. The summed E-state index contributed by atoms with van der Waals surface area (Å²) >= 11 is 0. The molecule has 0 aliphatic heterocycles. The summed E-state index contributed by atoms with van der Waals surface area (Å²) in [7, 11) is -3.93. The number of hydrogen-bond acceptors (Lipinski definition) is 5.